The normalized spacial score (nSPS) is 11.6. The molecule has 1 unspecified atom stereocenters. The number of primary amides is 1. The van der Waals surface area contributed by atoms with E-state index in [1.807, 2.05) is 0 Å². The van der Waals surface area contributed by atoms with Gasteiger partial charge in [-0.15, -0.1) is 0 Å². The van der Waals surface area contributed by atoms with Crippen LogP contribution in [0.2, 0.25) is 0 Å². The zero-order chi connectivity index (χ0) is 13.0. The standard InChI is InChI=1S/C11H12N2O4/c1-6(9(12)14)13-10(15)7-2-4-8(5-3-7)11(16)17/h2-6H,1H3,(H2,12,14)(H,13,15)(H,16,17). The second-order valence-electron chi connectivity index (χ2n) is 3.48. The lowest BCUT2D eigenvalue weighted by molar-refractivity contribution is -0.119. The molecular weight excluding hydrogens is 224 g/mol. The van der Waals surface area contributed by atoms with Crippen LogP contribution >= 0.6 is 0 Å². The van der Waals surface area contributed by atoms with Gasteiger partial charge in [-0.3, -0.25) is 9.59 Å². The van der Waals surface area contributed by atoms with Crippen molar-refractivity contribution in [2.45, 2.75) is 13.0 Å². The molecule has 2 amide bonds. The zero-order valence-corrected chi connectivity index (χ0v) is 9.14. The first-order chi connectivity index (χ1) is 7.91. The SMILES string of the molecule is CC(NC(=O)c1ccc(C(=O)O)cc1)C(N)=O. The number of rotatable bonds is 4. The van der Waals surface area contributed by atoms with Crippen LogP contribution in [0.5, 0.6) is 0 Å². The van der Waals surface area contributed by atoms with Crippen molar-refractivity contribution in [1.29, 1.82) is 0 Å². The van der Waals surface area contributed by atoms with Crippen LogP contribution in [0.1, 0.15) is 27.6 Å². The first kappa shape index (κ1) is 12.7. The van der Waals surface area contributed by atoms with Gasteiger partial charge in [-0.2, -0.15) is 0 Å². The fourth-order valence-corrected chi connectivity index (χ4v) is 1.12. The topological polar surface area (TPSA) is 109 Å². The molecular formula is C11H12N2O4. The molecule has 0 saturated carbocycles. The highest BCUT2D eigenvalue weighted by molar-refractivity contribution is 5.98. The number of amides is 2. The second-order valence-corrected chi connectivity index (χ2v) is 3.48. The van der Waals surface area contributed by atoms with Gasteiger partial charge in [0.15, 0.2) is 0 Å². The van der Waals surface area contributed by atoms with Gasteiger partial charge in [0.05, 0.1) is 5.56 Å². The fraction of sp³-hybridized carbons (Fsp3) is 0.182. The van der Waals surface area contributed by atoms with E-state index in [1.54, 1.807) is 0 Å². The van der Waals surface area contributed by atoms with E-state index in [0.29, 0.717) is 0 Å². The highest BCUT2D eigenvalue weighted by Crippen LogP contribution is 2.04. The molecule has 0 fully saturated rings. The van der Waals surface area contributed by atoms with E-state index < -0.39 is 23.8 Å². The van der Waals surface area contributed by atoms with Crippen LogP contribution in [0.15, 0.2) is 24.3 Å². The maximum Gasteiger partial charge on any atom is 0.335 e. The van der Waals surface area contributed by atoms with Gasteiger partial charge in [0.1, 0.15) is 6.04 Å². The highest BCUT2D eigenvalue weighted by atomic mass is 16.4. The fourth-order valence-electron chi connectivity index (χ4n) is 1.12. The van der Waals surface area contributed by atoms with Crippen LogP contribution in [0.4, 0.5) is 0 Å². The van der Waals surface area contributed by atoms with Crippen LogP contribution in [-0.2, 0) is 4.79 Å². The number of carbonyl (C=O) groups is 3. The number of nitrogens with two attached hydrogens (primary N) is 1. The summed E-state index contributed by atoms with van der Waals surface area (Å²) < 4.78 is 0. The van der Waals surface area contributed by atoms with E-state index in [-0.39, 0.29) is 11.1 Å². The molecule has 0 aliphatic rings. The molecule has 1 rings (SSSR count). The summed E-state index contributed by atoms with van der Waals surface area (Å²) >= 11 is 0. The van der Waals surface area contributed by atoms with Crippen molar-refractivity contribution in [3.63, 3.8) is 0 Å². The monoisotopic (exact) mass is 236 g/mol. The number of hydrogen-bond acceptors (Lipinski definition) is 3. The van der Waals surface area contributed by atoms with Crippen molar-refractivity contribution in [1.82, 2.24) is 5.32 Å². The van der Waals surface area contributed by atoms with Gasteiger partial charge in [0.25, 0.3) is 5.91 Å². The summed E-state index contributed by atoms with van der Waals surface area (Å²) in [5.41, 5.74) is 5.35. The van der Waals surface area contributed by atoms with Crippen molar-refractivity contribution < 1.29 is 19.5 Å². The first-order valence-electron chi connectivity index (χ1n) is 4.85. The molecule has 90 valence electrons. The minimum atomic E-state index is -1.07. The highest BCUT2D eigenvalue weighted by Gasteiger charge is 2.13. The number of benzene rings is 1. The minimum absolute atomic E-state index is 0.0875. The maximum absolute atomic E-state index is 11.6. The van der Waals surface area contributed by atoms with Crippen molar-refractivity contribution >= 4 is 17.8 Å². The van der Waals surface area contributed by atoms with Crippen LogP contribution in [0.25, 0.3) is 0 Å². The average molecular weight is 236 g/mol. The number of carboxylic acid groups (broad SMARTS) is 1. The third-order valence-corrected chi connectivity index (χ3v) is 2.17. The molecule has 1 aromatic carbocycles. The van der Waals surface area contributed by atoms with Crippen LogP contribution < -0.4 is 11.1 Å². The number of nitrogens with one attached hydrogen (secondary N) is 1. The summed E-state index contributed by atoms with van der Waals surface area (Å²) in [5, 5.41) is 11.1. The molecule has 0 bridgehead atoms. The quantitative estimate of drug-likeness (QED) is 0.682. The van der Waals surface area contributed by atoms with Crippen molar-refractivity contribution in [2.75, 3.05) is 0 Å². The van der Waals surface area contributed by atoms with Crippen LogP contribution in [-0.4, -0.2) is 28.9 Å². The molecule has 17 heavy (non-hydrogen) atoms. The summed E-state index contributed by atoms with van der Waals surface area (Å²) in [4.78, 5) is 32.9. The van der Waals surface area contributed by atoms with Gasteiger partial charge in [-0.25, -0.2) is 4.79 Å². The lowest BCUT2D eigenvalue weighted by atomic mass is 10.1. The van der Waals surface area contributed by atoms with Crippen molar-refractivity contribution in [3.05, 3.63) is 35.4 Å². The molecule has 1 aromatic rings. The lowest BCUT2D eigenvalue weighted by Crippen LogP contribution is -2.42. The summed E-state index contributed by atoms with van der Waals surface area (Å²) in [5.74, 6) is -2.18. The van der Waals surface area contributed by atoms with Crippen LogP contribution in [0, 0.1) is 0 Å². The Kier molecular flexibility index (Phi) is 3.82. The van der Waals surface area contributed by atoms with Gasteiger partial charge in [-0.1, -0.05) is 0 Å². The largest absolute Gasteiger partial charge is 0.478 e. The Hall–Kier alpha value is -2.37. The molecule has 6 nitrogen and oxygen atoms in total. The Labute approximate surface area is 97.4 Å². The molecule has 6 heteroatoms. The van der Waals surface area contributed by atoms with Crippen molar-refractivity contribution in [3.8, 4) is 0 Å². The summed E-state index contributed by atoms with van der Waals surface area (Å²) in [7, 11) is 0. The third kappa shape index (κ3) is 3.30. The molecule has 0 aromatic heterocycles. The Balaban J connectivity index is 2.77. The predicted octanol–water partition coefficient (Wildman–Crippen LogP) is -0.0116. The van der Waals surface area contributed by atoms with Gasteiger partial charge >= 0.3 is 5.97 Å². The number of carbonyl (C=O) groups excluding carboxylic acids is 2. The van der Waals surface area contributed by atoms with Gasteiger partial charge in [0, 0.05) is 5.56 Å². The van der Waals surface area contributed by atoms with E-state index in [1.165, 1.54) is 31.2 Å². The lowest BCUT2D eigenvalue weighted by Gasteiger charge is -2.09. The maximum atomic E-state index is 11.6. The summed E-state index contributed by atoms with van der Waals surface area (Å²) in [6, 6.07) is 4.58. The smallest absolute Gasteiger partial charge is 0.335 e. The minimum Gasteiger partial charge on any atom is -0.478 e. The van der Waals surface area contributed by atoms with Gasteiger partial charge in [0.2, 0.25) is 5.91 Å². The third-order valence-electron chi connectivity index (χ3n) is 2.17. The molecule has 0 aliphatic carbocycles. The number of aromatic carboxylic acids is 1. The van der Waals surface area contributed by atoms with Crippen LogP contribution in [0.3, 0.4) is 0 Å². The first-order valence-corrected chi connectivity index (χ1v) is 4.85. The Morgan fingerprint density at radius 2 is 1.65 bits per heavy atom. The average Bonchev–Trinajstić information content (AvgIpc) is 2.28. The zero-order valence-electron chi connectivity index (χ0n) is 9.14. The molecule has 4 N–H and O–H groups in total. The van der Waals surface area contributed by atoms with E-state index in [4.69, 9.17) is 10.8 Å². The molecule has 0 radical (unpaired) electrons. The molecule has 0 spiro atoms. The Morgan fingerprint density at radius 3 is 2.06 bits per heavy atom. The summed E-state index contributed by atoms with van der Waals surface area (Å²) in [6.45, 7) is 1.46. The molecule has 0 heterocycles. The second kappa shape index (κ2) is 5.11. The van der Waals surface area contributed by atoms with Gasteiger partial charge in [-0.05, 0) is 31.2 Å². The van der Waals surface area contributed by atoms with E-state index in [9.17, 15) is 14.4 Å². The van der Waals surface area contributed by atoms with Gasteiger partial charge < -0.3 is 16.2 Å². The Morgan fingerprint density at radius 1 is 1.18 bits per heavy atom. The number of carboxylic acids is 1. The Bertz CT molecular complexity index is 453. The van der Waals surface area contributed by atoms with E-state index in [2.05, 4.69) is 5.32 Å². The molecule has 0 aliphatic heterocycles. The van der Waals surface area contributed by atoms with E-state index in [0.717, 1.165) is 0 Å². The molecule has 1 atom stereocenters. The summed E-state index contributed by atoms with van der Waals surface area (Å²) in [6.07, 6.45) is 0. The predicted molar refractivity (Wildman–Crippen MR) is 59.5 cm³/mol. The van der Waals surface area contributed by atoms with Crippen molar-refractivity contribution in [2.24, 2.45) is 5.73 Å². The molecule has 0 saturated heterocycles. The number of hydrogen-bond donors (Lipinski definition) is 3. The van der Waals surface area contributed by atoms with E-state index >= 15 is 0 Å².